The topological polar surface area (TPSA) is 29.5 Å². The molecule has 0 bridgehead atoms. The molecule has 0 radical (unpaired) electrons. The van der Waals surface area contributed by atoms with Crippen LogP contribution < -0.4 is 0 Å². The standard InChI is InChI=1S/C5H9ClO2/c6-4-3-8-2-1-5(4)7/h4-5,7H,1-3H2/t4-,5-/m1/s1. The number of ether oxygens (including phenoxy) is 1. The van der Waals surface area contributed by atoms with Crippen LogP contribution in [0.5, 0.6) is 0 Å². The van der Waals surface area contributed by atoms with Gasteiger partial charge in [-0.1, -0.05) is 0 Å². The second kappa shape index (κ2) is 2.67. The molecule has 8 heavy (non-hydrogen) atoms. The van der Waals surface area contributed by atoms with Gasteiger partial charge in [-0.2, -0.15) is 0 Å². The van der Waals surface area contributed by atoms with E-state index < -0.39 is 0 Å². The van der Waals surface area contributed by atoms with Crippen molar-refractivity contribution in [1.82, 2.24) is 0 Å². The van der Waals surface area contributed by atoms with E-state index in [0.29, 0.717) is 19.6 Å². The van der Waals surface area contributed by atoms with E-state index in [2.05, 4.69) is 0 Å². The molecule has 0 aromatic rings. The molecule has 0 aromatic carbocycles. The summed E-state index contributed by atoms with van der Waals surface area (Å²) in [6.45, 7) is 1.13. The molecule has 1 rings (SSSR count). The Balaban J connectivity index is 2.28. The first-order chi connectivity index (χ1) is 3.80. The highest BCUT2D eigenvalue weighted by molar-refractivity contribution is 6.21. The van der Waals surface area contributed by atoms with Crippen molar-refractivity contribution in [3.63, 3.8) is 0 Å². The molecule has 3 heteroatoms. The monoisotopic (exact) mass is 136 g/mol. The predicted molar refractivity (Wildman–Crippen MR) is 31.1 cm³/mol. The zero-order chi connectivity index (χ0) is 5.98. The average Bonchev–Trinajstić information content (AvgIpc) is 1.77. The molecule has 0 spiro atoms. The van der Waals surface area contributed by atoms with Crippen LogP contribution in [0.25, 0.3) is 0 Å². The second-order valence-corrected chi connectivity index (χ2v) is 2.51. The fourth-order valence-corrected chi connectivity index (χ4v) is 0.907. The van der Waals surface area contributed by atoms with Gasteiger partial charge in [0.25, 0.3) is 0 Å². The normalized spacial score (nSPS) is 39.8. The first-order valence-corrected chi connectivity index (χ1v) is 3.14. The van der Waals surface area contributed by atoms with Gasteiger partial charge in [-0.3, -0.25) is 0 Å². The summed E-state index contributed by atoms with van der Waals surface area (Å²) >= 11 is 5.59. The van der Waals surface area contributed by atoms with E-state index in [9.17, 15) is 0 Å². The van der Waals surface area contributed by atoms with Crippen LogP contribution in [0, 0.1) is 0 Å². The van der Waals surface area contributed by atoms with Gasteiger partial charge in [0.1, 0.15) is 0 Å². The third kappa shape index (κ3) is 1.34. The quantitative estimate of drug-likeness (QED) is 0.488. The molecular weight excluding hydrogens is 128 g/mol. The summed E-state index contributed by atoms with van der Waals surface area (Å²) in [6.07, 6.45) is 0.319. The number of halogens is 1. The summed E-state index contributed by atoms with van der Waals surface area (Å²) < 4.78 is 4.96. The van der Waals surface area contributed by atoms with Crippen LogP contribution in [0.4, 0.5) is 0 Å². The van der Waals surface area contributed by atoms with E-state index >= 15 is 0 Å². The van der Waals surface area contributed by atoms with Crippen molar-refractivity contribution in [2.75, 3.05) is 13.2 Å². The van der Waals surface area contributed by atoms with Crippen molar-refractivity contribution >= 4 is 11.6 Å². The molecule has 0 unspecified atom stereocenters. The van der Waals surface area contributed by atoms with Gasteiger partial charge in [0.15, 0.2) is 0 Å². The first-order valence-electron chi connectivity index (χ1n) is 2.70. The summed E-state index contributed by atoms with van der Waals surface area (Å²) in [5.74, 6) is 0. The molecule has 1 saturated heterocycles. The molecule has 1 aliphatic heterocycles. The smallest absolute Gasteiger partial charge is 0.0829 e. The molecular formula is C5H9ClO2. The third-order valence-electron chi connectivity index (χ3n) is 1.25. The Morgan fingerprint density at radius 3 is 2.75 bits per heavy atom. The number of aliphatic hydroxyl groups excluding tert-OH is 1. The summed E-state index contributed by atoms with van der Waals surface area (Å²) in [4.78, 5) is 0. The largest absolute Gasteiger partial charge is 0.391 e. The molecule has 2 atom stereocenters. The van der Waals surface area contributed by atoms with E-state index in [1.807, 2.05) is 0 Å². The number of rotatable bonds is 0. The third-order valence-corrected chi connectivity index (χ3v) is 1.67. The van der Waals surface area contributed by atoms with Gasteiger partial charge in [-0.25, -0.2) is 0 Å². The van der Waals surface area contributed by atoms with Crippen LogP contribution in [0.15, 0.2) is 0 Å². The Labute approximate surface area is 53.4 Å². The maximum atomic E-state index is 8.97. The van der Waals surface area contributed by atoms with Crippen molar-refractivity contribution in [3.05, 3.63) is 0 Å². The van der Waals surface area contributed by atoms with E-state index in [4.69, 9.17) is 21.4 Å². The lowest BCUT2D eigenvalue weighted by Crippen LogP contribution is -2.32. The fourth-order valence-electron chi connectivity index (χ4n) is 0.692. The lowest BCUT2D eigenvalue weighted by Gasteiger charge is -2.21. The highest BCUT2D eigenvalue weighted by Crippen LogP contribution is 2.12. The summed E-state index contributed by atoms with van der Waals surface area (Å²) in [5, 5.41) is 8.77. The minimum Gasteiger partial charge on any atom is -0.391 e. The summed E-state index contributed by atoms with van der Waals surface area (Å²) in [5.41, 5.74) is 0. The van der Waals surface area contributed by atoms with Gasteiger partial charge >= 0.3 is 0 Å². The lowest BCUT2D eigenvalue weighted by atomic mass is 10.2. The van der Waals surface area contributed by atoms with Crippen molar-refractivity contribution < 1.29 is 9.84 Å². The van der Waals surface area contributed by atoms with Crippen molar-refractivity contribution in [2.45, 2.75) is 17.9 Å². The van der Waals surface area contributed by atoms with Crippen LogP contribution in [0.1, 0.15) is 6.42 Å². The van der Waals surface area contributed by atoms with E-state index in [0.717, 1.165) is 0 Å². The molecule has 1 aliphatic rings. The van der Waals surface area contributed by atoms with Crippen LogP contribution >= 0.6 is 11.6 Å². The van der Waals surface area contributed by atoms with Crippen LogP contribution in [-0.4, -0.2) is 29.8 Å². The van der Waals surface area contributed by atoms with Gasteiger partial charge in [-0.15, -0.1) is 11.6 Å². The lowest BCUT2D eigenvalue weighted by molar-refractivity contribution is 0.0180. The van der Waals surface area contributed by atoms with Gasteiger partial charge in [0.05, 0.1) is 18.1 Å². The van der Waals surface area contributed by atoms with Crippen LogP contribution in [0.3, 0.4) is 0 Å². The molecule has 0 saturated carbocycles. The Morgan fingerprint density at radius 2 is 2.38 bits per heavy atom. The van der Waals surface area contributed by atoms with E-state index in [1.54, 1.807) is 0 Å². The Kier molecular flexibility index (Phi) is 2.11. The molecule has 0 aromatic heterocycles. The fraction of sp³-hybridized carbons (Fsp3) is 1.00. The zero-order valence-corrected chi connectivity index (χ0v) is 5.27. The minimum atomic E-state index is -0.356. The summed E-state index contributed by atoms with van der Waals surface area (Å²) in [7, 11) is 0. The molecule has 1 fully saturated rings. The Morgan fingerprint density at radius 1 is 1.62 bits per heavy atom. The number of aliphatic hydroxyl groups is 1. The van der Waals surface area contributed by atoms with Gasteiger partial charge in [-0.05, 0) is 6.42 Å². The van der Waals surface area contributed by atoms with E-state index in [-0.39, 0.29) is 11.5 Å². The molecule has 1 N–H and O–H groups in total. The van der Waals surface area contributed by atoms with Crippen molar-refractivity contribution in [1.29, 1.82) is 0 Å². The molecule has 2 nitrogen and oxygen atoms in total. The Bertz CT molecular complexity index is 66.8. The zero-order valence-electron chi connectivity index (χ0n) is 4.51. The number of hydrogen-bond acceptors (Lipinski definition) is 2. The number of hydrogen-bond donors (Lipinski definition) is 1. The first kappa shape index (κ1) is 6.33. The molecule has 0 aliphatic carbocycles. The van der Waals surface area contributed by atoms with Crippen molar-refractivity contribution in [3.8, 4) is 0 Å². The highest BCUT2D eigenvalue weighted by atomic mass is 35.5. The van der Waals surface area contributed by atoms with Crippen molar-refractivity contribution in [2.24, 2.45) is 0 Å². The predicted octanol–water partition coefficient (Wildman–Crippen LogP) is 0.375. The minimum absolute atomic E-state index is 0.191. The number of alkyl halides is 1. The molecule has 48 valence electrons. The average molecular weight is 137 g/mol. The van der Waals surface area contributed by atoms with Crippen LogP contribution in [0.2, 0.25) is 0 Å². The highest BCUT2D eigenvalue weighted by Gasteiger charge is 2.20. The van der Waals surface area contributed by atoms with Gasteiger partial charge in [0, 0.05) is 6.61 Å². The molecule has 1 heterocycles. The molecule has 0 amide bonds. The van der Waals surface area contributed by atoms with Gasteiger partial charge in [0.2, 0.25) is 0 Å². The summed E-state index contributed by atoms with van der Waals surface area (Å²) in [6, 6.07) is 0. The maximum absolute atomic E-state index is 8.97. The SMILES string of the molecule is O[C@@H]1CCOC[C@H]1Cl. The Hall–Kier alpha value is 0.210. The second-order valence-electron chi connectivity index (χ2n) is 1.95. The maximum Gasteiger partial charge on any atom is 0.0829 e. The van der Waals surface area contributed by atoms with E-state index in [1.165, 1.54) is 0 Å². The van der Waals surface area contributed by atoms with Crippen LogP contribution in [-0.2, 0) is 4.74 Å². The van der Waals surface area contributed by atoms with Gasteiger partial charge < -0.3 is 9.84 Å².